The molecule has 0 spiro atoms. The standard InChI is InChI=1S/C14H18N2O2S/c1-3-19-13-6-4-5-12(11(13)8-15)16-9-10(2)7-14(17)18/h4-6,10,16H,3,7,9H2,1-2H3,(H,17,18). The molecule has 0 saturated heterocycles. The van der Waals surface area contributed by atoms with Crippen molar-refractivity contribution in [1.82, 2.24) is 0 Å². The van der Waals surface area contributed by atoms with E-state index >= 15 is 0 Å². The Balaban J connectivity index is 2.75. The lowest BCUT2D eigenvalue weighted by Crippen LogP contribution is -2.15. The van der Waals surface area contributed by atoms with Crippen LogP contribution in [0.4, 0.5) is 5.69 Å². The van der Waals surface area contributed by atoms with Crippen molar-refractivity contribution in [2.24, 2.45) is 5.92 Å². The smallest absolute Gasteiger partial charge is 0.303 e. The first-order chi connectivity index (χ1) is 9.08. The number of benzene rings is 1. The van der Waals surface area contributed by atoms with Crippen LogP contribution in [0, 0.1) is 17.2 Å². The van der Waals surface area contributed by atoms with Gasteiger partial charge in [-0.05, 0) is 23.8 Å². The van der Waals surface area contributed by atoms with Crippen LogP contribution in [0.15, 0.2) is 23.1 Å². The summed E-state index contributed by atoms with van der Waals surface area (Å²) in [6, 6.07) is 7.90. The number of nitrogens with zero attached hydrogens (tertiary/aromatic N) is 1. The molecular formula is C14H18N2O2S. The van der Waals surface area contributed by atoms with Crippen molar-refractivity contribution in [3.8, 4) is 6.07 Å². The van der Waals surface area contributed by atoms with E-state index < -0.39 is 5.97 Å². The molecule has 2 N–H and O–H groups in total. The first-order valence-electron chi connectivity index (χ1n) is 6.20. The van der Waals surface area contributed by atoms with Gasteiger partial charge < -0.3 is 10.4 Å². The SMILES string of the molecule is CCSc1cccc(NCC(C)CC(=O)O)c1C#N. The van der Waals surface area contributed by atoms with Crippen molar-refractivity contribution in [3.05, 3.63) is 23.8 Å². The Hall–Kier alpha value is -1.67. The lowest BCUT2D eigenvalue weighted by molar-refractivity contribution is -0.137. The molecule has 0 radical (unpaired) electrons. The highest BCUT2D eigenvalue weighted by atomic mass is 32.2. The number of carboxylic acid groups (broad SMARTS) is 1. The summed E-state index contributed by atoms with van der Waals surface area (Å²) in [5, 5.41) is 21.1. The van der Waals surface area contributed by atoms with Gasteiger partial charge >= 0.3 is 5.97 Å². The van der Waals surface area contributed by atoms with Crippen molar-refractivity contribution >= 4 is 23.4 Å². The Morgan fingerprint density at radius 1 is 1.58 bits per heavy atom. The normalized spacial score (nSPS) is 11.6. The monoisotopic (exact) mass is 278 g/mol. The molecule has 5 heteroatoms. The van der Waals surface area contributed by atoms with Gasteiger partial charge in [0.25, 0.3) is 0 Å². The second kappa shape index (κ2) is 7.70. The highest BCUT2D eigenvalue weighted by molar-refractivity contribution is 7.99. The van der Waals surface area contributed by atoms with Gasteiger partial charge in [-0.15, -0.1) is 11.8 Å². The minimum Gasteiger partial charge on any atom is -0.481 e. The first-order valence-corrected chi connectivity index (χ1v) is 7.18. The molecule has 1 rings (SSSR count). The molecule has 0 aliphatic carbocycles. The summed E-state index contributed by atoms with van der Waals surface area (Å²) in [6.07, 6.45) is 0.123. The van der Waals surface area contributed by atoms with Gasteiger partial charge in [0.2, 0.25) is 0 Å². The molecule has 0 amide bonds. The molecule has 0 aromatic heterocycles. The maximum absolute atomic E-state index is 10.6. The number of thioether (sulfide) groups is 1. The van der Waals surface area contributed by atoms with Crippen molar-refractivity contribution in [1.29, 1.82) is 5.26 Å². The number of rotatable bonds is 7. The zero-order valence-electron chi connectivity index (χ0n) is 11.1. The van der Waals surface area contributed by atoms with Crippen molar-refractivity contribution in [2.75, 3.05) is 17.6 Å². The van der Waals surface area contributed by atoms with Gasteiger partial charge in [0.1, 0.15) is 6.07 Å². The maximum atomic E-state index is 10.6. The Kier molecular flexibility index (Phi) is 6.23. The average molecular weight is 278 g/mol. The number of nitrogens with one attached hydrogen (secondary N) is 1. The van der Waals surface area contributed by atoms with Crippen LogP contribution in [0.1, 0.15) is 25.8 Å². The predicted molar refractivity (Wildman–Crippen MR) is 77.5 cm³/mol. The third kappa shape index (κ3) is 4.84. The molecule has 1 aromatic carbocycles. The molecule has 102 valence electrons. The fraction of sp³-hybridized carbons (Fsp3) is 0.429. The summed E-state index contributed by atoms with van der Waals surface area (Å²) in [7, 11) is 0. The number of carbonyl (C=O) groups is 1. The van der Waals surface area contributed by atoms with Crippen molar-refractivity contribution in [2.45, 2.75) is 25.2 Å². The highest BCUT2D eigenvalue weighted by Crippen LogP contribution is 2.27. The summed E-state index contributed by atoms with van der Waals surface area (Å²) in [4.78, 5) is 11.6. The zero-order valence-corrected chi connectivity index (χ0v) is 12.0. The number of hydrogen-bond donors (Lipinski definition) is 2. The van der Waals surface area contributed by atoms with Gasteiger partial charge in [0, 0.05) is 17.9 Å². The first kappa shape index (κ1) is 15.4. The van der Waals surface area contributed by atoms with E-state index in [1.165, 1.54) is 0 Å². The third-order valence-corrected chi connectivity index (χ3v) is 3.54. The minimum absolute atomic E-state index is 0.0199. The minimum atomic E-state index is -0.801. The largest absolute Gasteiger partial charge is 0.481 e. The lowest BCUT2D eigenvalue weighted by atomic mass is 10.1. The number of hydrogen-bond acceptors (Lipinski definition) is 4. The van der Waals surface area contributed by atoms with E-state index in [1.807, 2.05) is 32.0 Å². The maximum Gasteiger partial charge on any atom is 0.303 e. The fourth-order valence-electron chi connectivity index (χ4n) is 1.72. The molecule has 1 atom stereocenters. The van der Waals surface area contributed by atoms with Crippen LogP contribution in [0.2, 0.25) is 0 Å². The van der Waals surface area contributed by atoms with E-state index in [-0.39, 0.29) is 12.3 Å². The molecule has 0 heterocycles. The van der Waals surface area contributed by atoms with E-state index in [0.717, 1.165) is 16.3 Å². The fourth-order valence-corrected chi connectivity index (χ4v) is 2.51. The number of anilines is 1. The second-order valence-electron chi connectivity index (χ2n) is 4.31. The zero-order chi connectivity index (χ0) is 14.3. The van der Waals surface area contributed by atoms with E-state index in [2.05, 4.69) is 11.4 Å². The van der Waals surface area contributed by atoms with E-state index in [9.17, 15) is 10.1 Å². The number of nitriles is 1. The Morgan fingerprint density at radius 2 is 2.32 bits per heavy atom. The summed E-state index contributed by atoms with van der Waals surface area (Å²) in [5.74, 6) is 0.129. The highest BCUT2D eigenvalue weighted by Gasteiger charge is 2.11. The van der Waals surface area contributed by atoms with Crippen LogP contribution in [0.5, 0.6) is 0 Å². The van der Waals surface area contributed by atoms with Crippen LogP contribution < -0.4 is 5.32 Å². The van der Waals surface area contributed by atoms with Crippen LogP contribution in [-0.4, -0.2) is 23.4 Å². The Bertz CT molecular complexity index is 483. The van der Waals surface area contributed by atoms with Gasteiger partial charge in [-0.1, -0.05) is 19.9 Å². The average Bonchev–Trinajstić information content (AvgIpc) is 2.36. The van der Waals surface area contributed by atoms with Crippen LogP contribution in [0.25, 0.3) is 0 Å². The molecule has 0 aliphatic rings. The Morgan fingerprint density at radius 3 is 2.89 bits per heavy atom. The van der Waals surface area contributed by atoms with E-state index in [0.29, 0.717) is 12.1 Å². The van der Waals surface area contributed by atoms with Crippen molar-refractivity contribution in [3.63, 3.8) is 0 Å². The summed E-state index contributed by atoms with van der Waals surface area (Å²) >= 11 is 1.63. The van der Waals surface area contributed by atoms with Gasteiger partial charge in [-0.25, -0.2) is 0 Å². The van der Waals surface area contributed by atoms with E-state index in [1.54, 1.807) is 11.8 Å². The topological polar surface area (TPSA) is 73.1 Å². The molecular weight excluding hydrogens is 260 g/mol. The predicted octanol–water partition coefficient (Wildman–Crippen LogP) is 3.19. The summed E-state index contributed by atoms with van der Waals surface area (Å²) < 4.78 is 0. The molecule has 1 unspecified atom stereocenters. The molecule has 0 bridgehead atoms. The van der Waals surface area contributed by atoms with Gasteiger partial charge in [-0.2, -0.15) is 5.26 Å². The van der Waals surface area contributed by atoms with Crippen LogP contribution in [0.3, 0.4) is 0 Å². The molecule has 0 saturated carbocycles. The summed E-state index contributed by atoms with van der Waals surface area (Å²) in [5.41, 5.74) is 1.41. The van der Waals surface area contributed by atoms with E-state index in [4.69, 9.17) is 5.11 Å². The van der Waals surface area contributed by atoms with Crippen LogP contribution in [-0.2, 0) is 4.79 Å². The molecule has 0 fully saturated rings. The van der Waals surface area contributed by atoms with Crippen LogP contribution >= 0.6 is 11.8 Å². The second-order valence-corrected chi connectivity index (χ2v) is 5.61. The van der Waals surface area contributed by atoms with Gasteiger partial charge in [-0.3, -0.25) is 4.79 Å². The Labute approximate surface area is 117 Å². The number of carboxylic acids is 1. The number of aliphatic carboxylic acids is 1. The summed E-state index contributed by atoms with van der Waals surface area (Å²) in [6.45, 7) is 4.46. The van der Waals surface area contributed by atoms with Crippen molar-refractivity contribution < 1.29 is 9.90 Å². The van der Waals surface area contributed by atoms with Gasteiger partial charge in [0.15, 0.2) is 0 Å². The molecule has 4 nitrogen and oxygen atoms in total. The molecule has 1 aromatic rings. The van der Waals surface area contributed by atoms with Gasteiger partial charge in [0.05, 0.1) is 11.3 Å². The molecule has 0 aliphatic heterocycles. The molecule has 19 heavy (non-hydrogen) atoms. The third-order valence-electron chi connectivity index (χ3n) is 2.60. The quantitative estimate of drug-likeness (QED) is 0.749. The lowest BCUT2D eigenvalue weighted by Gasteiger charge is -2.14.